The Morgan fingerprint density at radius 3 is 0.702 bits per heavy atom. The maximum absolute atomic E-state index is 13.1. The number of hydrogen-bond donors (Lipinski definition) is 4. The number of hydrogen-bond acceptors (Lipinski definition) is 14. The van der Waals surface area contributed by atoms with Crippen LogP contribution in [0.3, 0.4) is 0 Å². The molecule has 0 aromatic rings. The molecule has 0 radical (unpaired) electrons. The summed E-state index contributed by atoms with van der Waals surface area (Å²) < 4.78 is 61.5. The Balaban J connectivity index is 4.52. The Hall–Kier alpha value is -5.09. The number of rotatable bonds is 91. The summed E-state index contributed by atoms with van der Waals surface area (Å²) in [6, 6.07) is 0. The highest BCUT2D eigenvalue weighted by molar-refractivity contribution is 7.47. The monoisotopic (exact) mass is 1730 g/mol. The Morgan fingerprint density at radius 1 is 0.240 bits per heavy atom. The molecule has 0 aliphatic rings. The first-order chi connectivity index (χ1) is 59.2. The minimum Gasteiger partial charge on any atom is -0.463 e. The molecule has 4 N–H and O–H groups in total. The van der Waals surface area contributed by atoms with Gasteiger partial charge in [0.2, 0.25) is 0 Å². The van der Waals surface area contributed by atoms with Crippen molar-refractivity contribution in [3.63, 3.8) is 0 Å². The van der Waals surface area contributed by atoms with E-state index < -0.39 is 91.5 Å². The third-order valence-corrected chi connectivity index (χ3v) is 22.3. The van der Waals surface area contributed by atoms with Crippen molar-refractivity contribution in [2.24, 2.45) is 0 Å². The molecule has 0 aromatic heterocycles. The Kier molecular flexibility index (Phi) is 90.1. The van der Waals surface area contributed by atoms with Gasteiger partial charge >= 0.3 is 33.6 Å². The van der Waals surface area contributed by atoms with Crippen LogP contribution in [0, 0.1) is 0 Å². The van der Waals surface area contributed by atoms with Gasteiger partial charge < -0.3 is 34.2 Å². The number of phosphoric ester groups is 2. The highest BCUT2D eigenvalue weighted by Gasteiger charge is 2.30. The van der Waals surface area contributed by atoms with E-state index in [9.17, 15) is 43.5 Å². The van der Waals surface area contributed by atoms with Crippen molar-refractivity contribution in [1.29, 1.82) is 0 Å². The fourth-order valence-electron chi connectivity index (χ4n) is 13.1. The molecular formula is C103H176O16P2. The van der Waals surface area contributed by atoms with Gasteiger partial charge in [-0.05, 0) is 154 Å². The van der Waals surface area contributed by atoms with Crippen LogP contribution in [-0.4, -0.2) is 95.9 Å². The van der Waals surface area contributed by atoms with Gasteiger partial charge in [0, 0.05) is 19.3 Å². The van der Waals surface area contributed by atoms with Crippen molar-refractivity contribution < 1.29 is 75.8 Å². The first-order valence-electron chi connectivity index (χ1n) is 48.4. The zero-order valence-electron chi connectivity index (χ0n) is 76.6. The lowest BCUT2D eigenvalue weighted by Gasteiger charge is -2.21. The first kappa shape index (κ1) is 116. The number of phosphoric acid groups is 2. The minimum atomic E-state index is -4.95. The van der Waals surface area contributed by atoms with E-state index in [-0.39, 0.29) is 19.3 Å². The number of ether oxygens (including phenoxy) is 3. The zero-order valence-corrected chi connectivity index (χ0v) is 78.4. The van der Waals surface area contributed by atoms with Crippen LogP contribution in [0.2, 0.25) is 0 Å². The predicted molar refractivity (Wildman–Crippen MR) is 509 cm³/mol. The fourth-order valence-corrected chi connectivity index (χ4v) is 14.7. The molecule has 0 amide bonds. The standard InChI is InChI=1S/C103H176O16P2/c1-4-7-10-13-16-19-22-25-28-31-34-36-38-40-42-44-46-48-50-52-54-56-58-60-63-65-68-71-74-77-80-83-86-89-101(106)113-92-98(104)93-115-120(109,110)116-94-99(105)95-117-121(111,112)118-97-100(119-103(108)91-88-85-82-79-76-73-70-67-62-33-30-27-24-21-18-15-12-9-6-3)96-114-102(107)90-87-84-81-78-75-72-69-66-64-61-59-57-55-53-51-49-47-45-43-41-39-37-35-32-29-26-23-20-17-14-11-8-5-2/h7,9-10,12,16-21,25-30,34-37,40-43,62,67,73,76,98-100,104-105H,4-6,8,11,13-15,22-24,31-33,38-39,44-61,63-66,68-72,74-75,77-97H2,1-3H3,(H,109,110)(H,111,112)/b10-7-,12-9-,19-16-,20-17-,21-18-,28-25-,29-26-,30-27-,36-34-,37-35-,42-40-,43-41-,67-62-,76-73-. The zero-order chi connectivity index (χ0) is 87.9. The quantitative estimate of drug-likeness (QED) is 0.0146. The lowest BCUT2D eigenvalue weighted by atomic mass is 10.0. The van der Waals surface area contributed by atoms with Gasteiger partial charge in [-0.2, -0.15) is 0 Å². The normalized spacial score (nSPS) is 14.5. The van der Waals surface area contributed by atoms with Crippen molar-refractivity contribution in [2.75, 3.05) is 39.6 Å². The van der Waals surface area contributed by atoms with E-state index in [1.54, 1.807) is 0 Å². The van der Waals surface area contributed by atoms with Crippen LogP contribution in [0.1, 0.15) is 406 Å². The van der Waals surface area contributed by atoms with Crippen LogP contribution >= 0.6 is 15.6 Å². The molecule has 0 aromatic carbocycles. The number of aliphatic hydroxyl groups is 2. The molecule has 121 heavy (non-hydrogen) atoms. The summed E-state index contributed by atoms with van der Waals surface area (Å²) in [4.78, 5) is 59.0. The molecule has 0 spiro atoms. The summed E-state index contributed by atoms with van der Waals surface area (Å²) >= 11 is 0. The summed E-state index contributed by atoms with van der Waals surface area (Å²) in [5, 5.41) is 20.8. The van der Waals surface area contributed by atoms with Crippen LogP contribution in [0.4, 0.5) is 0 Å². The van der Waals surface area contributed by atoms with Crippen molar-refractivity contribution in [3.8, 4) is 0 Å². The molecule has 16 nitrogen and oxygen atoms in total. The summed E-state index contributed by atoms with van der Waals surface area (Å²) in [6.45, 7) is 2.44. The average Bonchev–Trinajstić information content (AvgIpc) is 0.895. The lowest BCUT2D eigenvalue weighted by molar-refractivity contribution is -0.161. The van der Waals surface area contributed by atoms with Crippen LogP contribution < -0.4 is 0 Å². The molecule has 0 rings (SSSR count). The number of unbranched alkanes of at least 4 members (excludes halogenated alkanes) is 40. The van der Waals surface area contributed by atoms with Crippen molar-refractivity contribution in [3.05, 3.63) is 170 Å². The molecule has 0 aliphatic heterocycles. The maximum Gasteiger partial charge on any atom is 0.472 e. The van der Waals surface area contributed by atoms with Crippen LogP contribution in [0.15, 0.2) is 170 Å². The predicted octanol–water partition coefficient (Wildman–Crippen LogP) is 30.2. The minimum absolute atomic E-state index is 0.0629. The highest BCUT2D eigenvalue weighted by atomic mass is 31.2. The molecule has 694 valence electrons. The number of carbonyl (C=O) groups excluding carboxylic acids is 3. The first-order valence-corrected chi connectivity index (χ1v) is 51.4. The molecular weight excluding hydrogens is 1560 g/mol. The topological polar surface area (TPSA) is 231 Å². The van der Waals surface area contributed by atoms with Gasteiger partial charge in [0.25, 0.3) is 0 Å². The van der Waals surface area contributed by atoms with Gasteiger partial charge in [-0.1, -0.05) is 403 Å². The number of allylic oxidation sites excluding steroid dienone is 28. The van der Waals surface area contributed by atoms with Gasteiger partial charge in [-0.3, -0.25) is 32.5 Å². The summed E-state index contributed by atoms with van der Waals surface area (Å²) in [5.74, 6) is -1.60. The molecule has 5 unspecified atom stereocenters. The maximum atomic E-state index is 13.1. The molecule has 18 heteroatoms. The third kappa shape index (κ3) is 95.4. The van der Waals surface area contributed by atoms with E-state index in [0.29, 0.717) is 19.3 Å². The second kappa shape index (κ2) is 94.1. The van der Waals surface area contributed by atoms with E-state index >= 15 is 0 Å². The molecule has 0 bridgehead atoms. The Bertz CT molecular complexity index is 2880. The van der Waals surface area contributed by atoms with E-state index in [1.807, 2.05) is 0 Å². The molecule has 0 saturated carbocycles. The molecule has 0 saturated heterocycles. The Labute approximate surface area is 739 Å². The second-order valence-corrected chi connectivity index (χ2v) is 35.0. The van der Waals surface area contributed by atoms with Crippen LogP contribution in [0.5, 0.6) is 0 Å². The van der Waals surface area contributed by atoms with Crippen LogP contribution in [-0.2, 0) is 55.8 Å². The summed E-state index contributed by atoms with van der Waals surface area (Å²) in [6.07, 6.45) is 123. The molecule has 0 aliphatic carbocycles. The highest BCUT2D eigenvalue weighted by Crippen LogP contribution is 2.45. The van der Waals surface area contributed by atoms with Crippen molar-refractivity contribution in [2.45, 2.75) is 424 Å². The fraction of sp³-hybridized carbons (Fsp3) is 0.699. The average molecular weight is 1730 g/mol. The molecule has 0 heterocycles. The van der Waals surface area contributed by atoms with Crippen LogP contribution in [0.25, 0.3) is 0 Å². The van der Waals surface area contributed by atoms with E-state index in [4.69, 9.17) is 32.3 Å². The van der Waals surface area contributed by atoms with Gasteiger partial charge in [0.05, 0.1) is 26.4 Å². The SMILES string of the molecule is CC/C=C\C/C=C\C/C=C\C/C=C\C/C=C\CCCCCCCCCCCCCCCCCCCC(=O)OCC(O)COP(=O)(O)OCC(O)COP(=O)(O)OCC(COC(=O)CCCCCCCCCCCCCCCCCCC/C=C\C/C=C\C/C=C\C/C=C\CCCCC)OC(=O)CCCCC/C=C\C/C=C\C/C=C\C/C=C\C/C=C\CC. The van der Waals surface area contributed by atoms with Gasteiger partial charge in [-0.25, -0.2) is 9.13 Å². The largest absolute Gasteiger partial charge is 0.472 e. The Morgan fingerprint density at radius 2 is 0.438 bits per heavy atom. The molecule has 5 atom stereocenters. The number of carbonyl (C=O) groups is 3. The van der Waals surface area contributed by atoms with E-state index in [2.05, 4.69) is 191 Å². The van der Waals surface area contributed by atoms with Crippen molar-refractivity contribution >= 4 is 33.6 Å². The smallest absolute Gasteiger partial charge is 0.463 e. The second-order valence-electron chi connectivity index (χ2n) is 32.1. The van der Waals surface area contributed by atoms with Gasteiger partial charge in [0.1, 0.15) is 25.4 Å². The summed E-state index contributed by atoms with van der Waals surface area (Å²) in [5.41, 5.74) is 0. The van der Waals surface area contributed by atoms with E-state index in [1.165, 1.54) is 205 Å². The lowest BCUT2D eigenvalue weighted by Crippen LogP contribution is -2.30. The number of esters is 3. The summed E-state index contributed by atoms with van der Waals surface area (Å²) in [7, 11) is -9.82. The van der Waals surface area contributed by atoms with Gasteiger partial charge in [-0.15, -0.1) is 0 Å². The molecule has 0 fully saturated rings. The van der Waals surface area contributed by atoms with Gasteiger partial charge in [0.15, 0.2) is 6.10 Å². The third-order valence-electron chi connectivity index (χ3n) is 20.4. The van der Waals surface area contributed by atoms with Crippen molar-refractivity contribution in [1.82, 2.24) is 0 Å². The van der Waals surface area contributed by atoms with E-state index in [0.717, 1.165) is 141 Å². The number of aliphatic hydroxyl groups excluding tert-OH is 2.